The van der Waals surface area contributed by atoms with E-state index >= 15 is 0 Å². The van der Waals surface area contributed by atoms with Crippen molar-refractivity contribution in [2.24, 2.45) is 0 Å². The molecule has 1 rings (SSSR count). The van der Waals surface area contributed by atoms with Gasteiger partial charge < -0.3 is 4.74 Å². The van der Waals surface area contributed by atoms with Crippen LogP contribution in [-0.2, 0) is 5.88 Å². The Balaban J connectivity index is 3.24. The lowest BCUT2D eigenvalue weighted by atomic mass is 10.2. The summed E-state index contributed by atoms with van der Waals surface area (Å²) in [6.07, 6.45) is -2.56. The number of halogens is 4. The molecule has 0 aromatic carbocycles. The summed E-state index contributed by atoms with van der Waals surface area (Å²) < 4.78 is 30.4. The molecule has 0 aliphatic carbocycles. The first-order chi connectivity index (χ1) is 6.60. The molecule has 0 amide bonds. The predicted molar refractivity (Wildman–Crippen MR) is 58.0 cm³/mol. The van der Waals surface area contributed by atoms with Crippen LogP contribution in [-0.4, -0.2) is 12.1 Å². The molecule has 78 valence electrons. The molecule has 0 N–H and O–H groups in total. The van der Waals surface area contributed by atoms with Crippen molar-refractivity contribution in [3.8, 4) is 5.88 Å². The van der Waals surface area contributed by atoms with Crippen molar-refractivity contribution >= 4 is 34.2 Å². The Kier molecular flexibility index (Phi) is 4.31. The third-order valence-electron chi connectivity index (χ3n) is 1.61. The normalized spacial score (nSPS) is 10.7. The smallest absolute Gasteiger partial charge is 0.265 e. The Morgan fingerprint density at radius 1 is 1.64 bits per heavy atom. The topological polar surface area (TPSA) is 22.1 Å². The minimum Gasteiger partial charge on any atom is -0.480 e. The number of ether oxygens (including phenoxy) is 1. The molecule has 1 heterocycles. The third-order valence-corrected chi connectivity index (χ3v) is 2.64. The van der Waals surface area contributed by atoms with E-state index in [0.29, 0.717) is 9.45 Å². The molecule has 0 saturated carbocycles. The second-order valence-electron chi connectivity index (χ2n) is 2.45. The zero-order valence-electron chi connectivity index (χ0n) is 7.23. The van der Waals surface area contributed by atoms with Gasteiger partial charge in [0, 0.05) is 5.56 Å². The maximum atomic E-state index is 12.5. The molecule has 1 aromatic heterocycles. The van der Waals surface area contributed by atoms with Crippen LogP contribution in [0, 0.1) is 3.57 Å². The van der Waals surface area contributed by atoms with E-state index in [-0.39, 0.29) is 17.1 Å². The van der Waals surface area contributed by atoms with E-state index < -0.39 is 6.43 Å². The van der Waals surface area contributed by atoms with Crippen LogP contribution in [0.25, 0.3) is 0 Å². The first-order valence-corrected chi connectivity index (χ1v) is 5.29. The maximum Gasteiger partial charge on any atom is 0.265 e. The Morgan fingerprint density at radius 3 is 2.71 bits per heavy atom. The molecule has 1 aromatic rings. The van der Waals surface area contributed by atoms with Crippen LogP contribution < -0.4 is 4.74 Å². The van der Waals surface area contributed by atoms with Gasteiger partial charge in [-0.15, -0.1) is 11.6 Å². The number of nitrogens with zero attached hydrogens (tertiary/aromatic N) is 1. The monoisotopic (exact) mass is 333 g/mol. The number of hydrogen-bond acceptors (Lipinski definition) is 2. The molecule has 0 radical (unpaired) electrons. The van der Waals surface area contributed by atoms with Crippen LogP contribution in [0.15, 0.2) is 6.07 Å². The number of hydrogen-bond donors (Lipinski definition) is 0. The van der Waals surface area contributed by atoms with Gasteiger partial charge in [-0.3, -0.25) is 0 Å². The molecule has 0 bridgehead atoms. The van der Waals surface area contributed by atoms with Crippen LogP contribution in [0.4, 0.5) is 8.78 Å². The SMILES string of the molecule is COc1nc(CCl)c(C(F)F)cc1I. The fourth-order valence-corrected chi connectivity index (χ4v) is 1.85. The van der Waals surface area contributed by atoms with Crippen molar-refractivity contribution in [3.63, 3.8) is 0 Å². The lowest BCUT2D eigenvalue weighted by Gasteiger charge is -2.09. The van der Waals surface area contributed by atoms with E-state index in [0.717, 1.165) is 0 Å². The summed E-state index contributed by atoms with van der Waals surface area (Å²) in [6.45, 7) is 0. The summed E-state index contributed by atoms with van der Waals surface area (Å²) in [4.78, 5) is 3.89. The number of aromatic nitrogens is 1. The molecule has 2 nitrogen and oxygen atoms in total. The summed E-state index contributed by atoms with van der Waals surface area (Å²) in [6, 6.07) is 1.34. The third kappa shape index (κ3) is 2.44. The lowest BCUT2D eigenvalue weighted by molar-refractivity contribution is 0.149. The lowest BCUT2D eigenvalue weighted by Crippen LogP contribution is -2.01. The van der Waals surface area contributed by atoms with Gasteiger partial charge in [0.1, 0.15) is 0 Å². The fourth-order valence-electron chi connectivity index (χ4n) is 0.961. The zero-order valence-corrected chi connectivity index (χ0v) is 10.1. The molecule has 0 aliphatic rings. The van der Waals surface area contributed by atoms with Crippen molar-refractivity contribution < 1.29 is 13.5 Å². The van der Waals surface area contributed by atoms with E-state index in [2.05, 4.69) is 4.98 Å². The highest BCUT2D eigenvalue weighted by Gasteiger charge is 2.17. The van der Waals surface area contributed by atoms with Gasteiger partial charge in [-0.25, -0.2) is 13.8 Å². The Labute approximate surface area is 98.8 Å². The average Bonchev–Trinajstić information content (AvgIpc) is 2.17. The molecule has 14 heavy (non-hydrogen) atoms. The molecule has 0 fully saturated rings. The van der Waals surface area contributed by atoms with Crippen LogP contribution in [0.3, 0.4) is 0 Å². The van der Waals surface area contributed by atoms with E-state index in [4.69, 9.17) is 16.3 Å². The van der Waals surface area contributed by atoms with Gasteiger partial charge in [-0.05, 0) is 28.7 Å². The standard InChI is InChI=1S/C8H7ClF2INO/c1-14-8-5(12)2-4(7(10)11)6(3-9)13-8/h2,7H,3H2,1H3. The van der Waals surface area contributed by atoms with Crippen molar-refractivity contribution in [2.75, 3.05) is 7.11 Å². The molecule has 0 atom stereocenters. The van der Waals surface area contributed by atoms with Crippen LogP contribution in [0.1, 0.15) is 17.7 Å². The Morgan fingerprint density at radius 2 is 2.29 bits per heavy atom. The summed E-state index contributed by atoms with van der Waals surface area (Å²) in [5.41, 5.74) is 0.0316. The summed E-state index contributed by atoms with van der Waals surface area (Å²) in [5.74, 6) is 0.276. The van der Waals surface area contributed by atoms with Crippen LogP contribution in [0.2, 0.25) is 0 Å². The molecule has 0 spiro atoms. The van der Waals surface area contributed by atoms with Gasteiger partial charge in [0.05, 0.1) is 22.3 Å². The molecular formula is C8H7ClF2INO. The maximum absolute atomic E-state index is 12.5. The predicted octanol–water partition coefficient (Wildman–Crippen LogP) is 3.37. The number of pyridine rings is 1. The largest absolute Gasteiger partial charge is 0.480 e. The van der Waals surface area contributed by atoms with Gasteiger partial charge in [0.25, 0.3) is 6.43 Å². The second kappa shape index (κ2) is 5.06. The van der Waals surface area contributed by atoms with E-state index in [1.54, 1.807) is 0 Å². The zero-order chi connectivity index (χ0) is 10.7. The number of alkyl halides is 3. The van der Waals surface area contributed by atoms with Crippen LogP contribution in [0.5, 0.6) is 5.88 Å². The summed E-state index contributed by atoms with van der Waals surface area (Å²) >= 11 is 7.39. The van der Waals surface area contributed by atoms with E-state index in [1.807, 2.05) is 22.6 Å². The first kappa shape index (κ1) is 11.9. The van der Waals surface area contributed by atoms with Crippen molar-refractivity contribution in [3.05, 3.63) is 20.9 Å². The van der Waals surface area contributed by atoms with Gasteiger partial charge in [-0.1, -0.05) is 0 Å². The Bertz CT molecular complexity index is 335. The second-order valence-corrected chi connectivity index (χ2v) is 3.88. The Hall–Kier alpha value is -0.170. The summed E-state index contributed by atoms with van der Waals surface area (Å²) in [7, 11) is 1.44. The molecule has 6 heteroatoms. The molecule has 0 unspecified atom stereocenters. The quantitative estimate of drug-likeness (QED) is 0.625. The minimum atomic E-state index is -2.56. The minimum absolute atomic E-state index is 0.0487. The fraction of sp³-hybridized carbons (Fsp3) is 0.375. The highest BCUT2D eigenvalue weighted by molar-refractivity contribution is 14.1. The molecular weight excluding hydrogens is 326 g/mol. The van der Waals surface area contributed by atoms with Gasteiger partial charge in [-0.2, -0.15) is 0 Å². The van der Waals surface area contributed by atoms with E-state index in [1.165, 1.54) is 13.2 Å². The first-order valence-electron chi connectivity index (χ1n) is 3.67. The molecule has 0 saturated heterocycles. The highest BCUT2D eigenvalue weighted by Crippen LogP contribution is 2.28. The summed E-state index contributed by atoms with van der Waals surface area (Å²) in [5, 5.41) is 0. The van der Waals surface area contributed by atoms with Crippen LogP contribution >= 0.6 is 34.2 Å². The number of methoxy groups -OCH3 is 1. The van der Waals surface area contributed by atoms with Gasteiger partial charge >= 0.3 is 0 Å². The highest BCUT2D eigenvalue weighted by atomic mass is 127. The van der Waals surface area contributed by atoms with Crippen molar-refractivity contribution in [1.82, 2.24) is 4.98 Å². The molecule has 0 aliphatic heterocycles. The average molecular weight is 334 g/mol. The van der Waals surface area contributed by atoms with Gasteiger partial charge in [0.15, 0.2) is 0 Å². The number of rotatable bonds is 3. The van der Waals surface area contributed by atoms with Gasteiger partial charge in [0.2, 0.25) is 5.88 Å². The van der Waals surface area contributed by atoms with Crippen molar-refractivity contribution in [1.29, 1.82) is 0 Å². The van der Waals surface area contributed by atoms with E-state index in [9.17, 15) is 8.78 Å². The van der Waals surface area contributed by atoms with Crippen molar-refractivity contribution in [2.45, 2.75) is 12.3 Å².